The number of piperidine rings is 1. The van der Waals surface area contributed by atoms with Gasteiger partial charge in [-0.3, -0.25) is 4.79 Å². The highest BCUT2D eigenvalue weighted by Crippen LogP contribution is 2.24. The third-order valence-electron chi connectivity index (χ3n) is 4.87. The van der Waals surface area contributed by atoms with Gasteiger partial charge in [0.05, 0.1) is 5.56 Å². The molecule has 0 unspecified atom stereocenters. The Labute approximate surface area is 148 Å². The van der Waals surface area contributed by atoms with E-state index in [1.807, 2.05) is 24.3 Å². The Hall–Kier alpha value is -2.40. The molecule has 1 N–H and O–H groups in total. The fraction of sp³-hybridized carbons (Fsp3) is 0.350. The summed E-state index contributed by atoms with van der Waals surface area (Å²) in [7, 11) is 4.24. The molecule has 25 heavy (non-hydrogen) atoms. The second-order valence-corrected chi connectivity index (χ2v) is 6.63. The number of benzene rings is 2. The standard InChI is InChI=1S/C20H24FN3O/c1-23-12-10-16(11-13-23)24(2)17-7-5-6-15(14-17)22-20(25)18-8-3-4-9-19(18)21/h3-9,14,16H,10-13H2,1-2H3,(H,22,25). The van der Waals surface area contributed by atoms with Gasteiger partial charge in [-0.1, -0.05) is 18.2 Å². The van der Waals surface area contributed by atoms with E-state index in [0.717, 1.165) is 31.6 Å². The molecule has 1 amide bonds. The Bertz CT molecular complexity index is 741. The van der Waals surface area contributed by atoms with Crippen molar-refractivity contribution >= 4 is 17.3 Å². The number of rotatable bonds is 4. The van der Waals surface area contributed by atoms with Crippen LogP contribution in [0.4, 0.5) is 15.8 Å². The molecule has 1 fully saturated rings. The third kappa shape index (κ3) is 4.17. The van der Waals surface area contributed by atoms with Crippen LogP contribution in [0.5, 0.6) is 0 Å². The van der Waals surface area contributed by atoms with Crippen molar-refractivity contribution in [3.63, 3.8) is 0 Å². The molecule has 2 aromatic rings. The summed E-state index contributed by atoms with van der Waals surface area (Å²) in [5, 5.41) is 2.79. The van der Waals surface area contributed by atoms with Gasteiger partial charge in [-0.15, -0.1) is 0 Å². The number of carbonyl (C=O) groups excluding carboxylic acids is 1. The van der Waals surface area contributed by atoms with Crippen molar-refractivity contribution in [2.75, 3.05) is 37.4 Å². The lowest BCUT2D eigenvalue weighted by Gasteiger charge is -2.36. The molecule has 0 bridgehead atoms. The van der Waals surface area contributed by atoms with E-state index >= 15 is 0 Å². The lowest BCUT2D eigenvalue weighted by atomic mass is 10.0. The van der Waals surface area contributed by atoms with Crippen LogP contribution in [0, 0.1) is 5.82 Å². The number of anilines is 2. The summed E-state index contributed by atoms with van der Waals surface area (Å²) in [4.78, 5) is 16.9. The molecule has 0 aromatic heterocycles. The van der Waals surface area contributed by atoms with Gasteiger partial charge in [0.1, 0.15) is 5.82 Å². The van der Waals surface area contributed by atoms with Crippen LogP contribution >= 0.6 is 0 Å². The second kappa shape index (κ2) is 7.66. The molecular formula is C20H24FN3O. The number of nitrogens with zero attached hydrogens (tertiary/aromatic N) is 2. The fourth-order valence-electron chi connectivity index (χ4n) is 3.24. The Morgan fingerprint density at radius 1 is 1.16 bits per heavy atom. The van der Waals surface area contributed by atoms with Crippen LogP contribution in [0.3, 0.4) is 0 Å². The van der Waals surface area contributed by atoms with E-state index in [1.54, 1.807) is 12.1 Å². The maximum absolute atomic E-state index is 13.8. The minimum Gasteiger partial charge on any atom is -0.371 e. The fourth-order valence-corrected chi connectivity index (χ4v) is 3.24. The van der Waals surface area contributed by atoms with Crippen molar-refractivity contribution in [3.05, 3.63) is 59.9 Å². The third-order valence-corrected chi connectivity index (χ3v) is 4.87. The summed E-state index contributed by atoms with van der Waals surface area (Å²) < 4.78 is 13.8. The Kier molecular flexibility index (Phi) is 5.34. The normalized spacial score (nSPS) is 15.8. The van der Waals surface area contributed by atoms with Crippen molar-refractivity contribution in [2.45, 2.75) is 18.9 Å². The van der Waals surface area contributed by atoms with Crippen LogP contribution in [-0.2, 0) is 0 Å². The average molecular weight is 341 g/mol. The van der Waals surface area contributed by atoms with E-state index < -0.39 is 11.7 Å². The molecule has 0 aliphatic carbocycles. The average Bonchev–Trinajstić information content (AvgIpc) is 2.62. The molecule has 0 atom stereocenters. The van der Waals surface area contributed by atoms with Gasteiger partial charge in [0.2, 0.25) is 0 Å². The summed E-state index contributed by atoms with van der Waals surface area (Å²) in [6.07, 6.45) is 2.25. The van der Waals surface area contributed by atoms with E-state index in [9.17, 15) is 9.18 Å². The first-order valence-electron chi connectivity index (χ1n) is 8.62. The van der Waals surface area contributed by atoms with Crippen molar-refractivity contribution in [1.29, 1.82) is 0 Å². The summed E-state index contributed by atoms with van der Waals surface area (Å²) >= 11 is 0. The second-order valence-electron chi connectivity index (χ2n) is 6.63. The van der Waals surface area contributed by atoms with Crippen LogP contribution in [0.2, 0.25) is 0 Å². The molecular weight excluding hydrogens is 317 g/mol. The molecule has 1 aliphatic heterocycles. The molecule has 2 aromatic carbocycles. The highest BCUT2D eigenvalue weighted by Gasteiger charge is 2.21. The predicted octanol–water partition coefficient (Wildman–Crippen LogP) is 3.61. The SMILES string of the molecule is CN1CCC(N(C)c2cccc(NC(=O)c3ccccc3F)c2)CC1. The smallest absolute Gasteiger partial charge is 0.258 e. The minimum atomic E-state index is -0.514. The van der Waals surface area contributed by atoms with Crippen LogP contribution in [0.15, 0.2) is 48.5 Å². The molecule has 5 heteroatoms. The zero-order valence-electron chi connectivity index (χ0n) is 14.7. The molecule has 1 aliphatic rings. The highest BCUT2D eigenvalue weighted by molar-refractivity contribution is 6.04. The summed E-state index contributed by atoms with van der Waals surface area (Å²) in [6, 6.07) is 14.2. The van der Waals surface area contributed by atoms with E-state index in [-0.39, 0.29) is 5.56 Å². The number of halogens is 1. The van der Waals surface area contributed by atoms with Gasteiger partial charge in [0, 0.05) is 24.5 Å². The van der Waals surface area contributed by atoms with Crippen molar-refractivity contribution < 1.29 is 9.18 Å². The van der Waals surface area contributed by atoms with E-state index in [2.05, 4.69) is 29.2 Å². The van der Waals surface area contributed by atoms with E-state index in [1.165, 1.54) is 12.1 Å². The molecule has 3 rings (SSSR count). The van der Waals surface area contributed by atoms with Crippen molar-refractivity contribution in [2.24, 2.45) is 0 Å². The number of hydrogen-bond donors (Lipinski definition) is 1. The number of amides is 1. The van der Waals surface area contributed by atoms with Crippen LogP contribution in [0.25, 0.3) is 0 Å². The van der Waals surface area contributed by atoms with E-state index in [4.69, 9.17) is 0 Å². The lowest BCUT2D eigenvalue weighted by Crippen LogP contribution is -2.42. The van der Waals surface area contributed by atoms with Crippen molar-refractivity contribution in [3.8, 4) is 0 Å². The van der Waals surface area contributed by atoms with Crippen molar-refractivity contribution in [1.82, 2.24) is 4.90 Å². The Morgan fingerprint density at radius 3 is 2.60 bits per heavy atom. The van der Waals surface area contributed by atoms with E-state index in [0.29, 0.717) is 11.7 Å². The monoisotopic (exact) mass is 341 g/mol. The topological polar surface area (TPSA) is 35.6 Å². The quantitative estimate of drug-likeness (QED) is 0.923. The Balaban J connectivity index is 1.71. The molecule has 0 spiro atoms. The minimum absolute atomic E-state index is 0.0524. The number of hydrogen-bond acceptors (Lipinski definition) is 3. The number of carbonyl (C=O) groups is 1. The molecule has 1 heterocycles. The van der Waals surface area contributed by atoms with Gasteiger partial charge in [-0.2, -0.15) is 0 Å². The number of nitrogens with one attached hydrogen (secondary N) is 1. The first kappa shape index (κ1) is 17.4. The van der Waals surface area contributed by atoms with Gasteiger partial charge in [-0.25, -0.2) is 4.39 Å². The van der Waals surface area contributed by atoms with Crippen LogP contribution in [-0.4, -0.2) is 44.0 Å². The lowest BCUT2D eigenvalue weighted by molar-refractivity contribution is 0.102. The Morgan fingerprint density at radius 2 is 1.88 bits per heavy atom. The molecule has 1 saturated heterocycles. The zero-order chi connectivity index (χ0) is 17.8. The maximum Gasteiger partial charge on any atom is 0.258 e. The van der Waals surface area contributed by atoms with Gasteiger partial charge in [-0.05, 0) is 63.3 Å². The highest BCUT2D eigenvalue weighted by atomic mass is 19.1. The summed E-state index contributed by atoms with van der Waals surface area (Å²) in [6.45, 7) is 2.19. The predicted molar refractivity (Wildman–Crippen MR) is 99.7 cm³/mol. The summed E-state index contributed by atoms with van der Waals surface area (Å²) in [5.74, 6) is -0.947. The van der Waals surface area contributed by atoms with Gasteiger partial charge in [0.15, 0.2) is 0 Å². The molecule has 132 valence electrons. The first-order chi connectivity index (χ1) is 12.0. The summed E-state index contributed by atoms with van der Waals surface area (Å²) in [5.41, 5.74) is 1.78. The van der Waals surface area contributed by atoms with Gasteiger partial charge >= 0.3 is 0 Å². The molecule has 4 nitrogen and oxygen atoms in total. The molecule has 0 saturated carbocycles. The van der Waals surface area contributed by atoms with Gasteiger partial charge < -0.3 is 15.1 Å². The largest absolute Gasteiger partial charge is 0.371 e. The van der Waals surface area contributed by atoms with Crippen LogP contribution < -0.4 is 10.2 Å². The zero-order valence-corrected chi connectivity index (χ0v) is 14.7. The first-order valence-corrected chi connectivity index (χ1v) is 8.62. The van der Waals surface area contributed by atoms with Crippen LogP contribution in [0.1, 0.15) is 23.2 Å². The maximum atomic E-state index is 13.8. The molecule has 0 radical (unpaired) electrons. The number of likely N-dealkylation sites (tertiary alicyclic amines) is 1. The van der Waals surface area contributed by atoms with Gasteiger partial charge in [0.25, 0.3) is 5.91 Å².